The number of aliphatic hydroxyl groups excluding tert-OH is 1. The number of carbonyl (C=O) groups is 2. The van der Waals surface area contributed by atoms with Crippen molar-refractivity contribution in [1.29, 1.82) is 0 Å². The molecule has 2 fully saturated rings. The van der Waals surface area contributed by atoms with E-state index in [1.165, 1.54) is 24.1 Å². The summed E-state index contributed by atoms with van der Waals surface area (Å²) in [5.74, 6) is -1.65. The third-order valence-electron chi connectivity index (χ3n) is 5.41. The highest BCUT2D eigenvalue weighted by Gasteiger charge is 2.48. The molecule has 7 nitrogen and oxygen atoms in total. The molecule has 3 heterocycles. The number of Topliss-reactive ketones (excluding diaryl/α,β-unsaturated/α-hetero) is 1. The maximum Gasteiger partial charge on any atom is 0.295 e. The van der Waals surface area contributed by atoms with Crippen LogP contribution in [0.1, 0.15) is 36.0 Å². The quantitative estimate of drug-likeness (QED) is 0.458. The normalized spacial score (nSPS) is 23.4. The van der Waals surface area contributed by atoms with Crippen LogP contribution in [0.2, 0.25) is 0 Å². The molecule has 2 aromatic rings. The van der Waals surface area contributed by atoms with Crippen LogP contribution in [0.3, 0.4) is 0 Å². The van der Waals surface area contributed by atoms with Gasteiger partial charge in [-0.15, -0.1) is 0 Å². The number of aryl methyl sites for hydroxylation is 1. The van der Waals surface area contributed by atoms with Crippen molar-refractivity contribution in [1.82, 2.24) is 4.90 Å². The van der Waals surface area contributed by atoms with E-state index in [4.69, 9.17) is 13.9 Å². The van der Waals surface area contributed by atoms with Gasteiger partial charge in [-0.05, 0) is 50.1 Å². The van der Waals surface area contributed by atoms with Crippen molar-refractivity contribution >= 4 is 17.4 Å². The van der Waals surface area contributed by atoms with Crippen LogP contribution in [-0.2, 0) is 14.3 Å². The van der Waals surface area contributed by atoms with E-state index in [0.717, 1.165) is 18.9 Å². The second kappa shape index (κ2) is 7.95. The number of rotatable bonds is 5. The zero-order valence-electron chi connectivity index (χ0n) is 16.7. The van der Waals surface area contributed by atoms with E-state index in [9.17, 15) is 19.1 Å². The number of nitrogens with zero attached hydrogens (tertiary/aromatic N) is 1. The second-order valence-electron chi connectivity index (χ2n) is 7.38. The number of aliphatic hydroxyl groups is 1. The zero-order chi connectivity index (χ0) is 21.4. The minimum Gasteiger partial charge on any atom is -0.507 e. The Morgan fingerprint density at radius 1 is 1.30 bits per heavy atom. The highest BCUT2D eigenvalue weighted by molar-refractivity contribution is 6.46. The van der Waals surface area contributed by atoms with E-state index in [2.05, 4.69) is 0 Å². The van der Waals surface area contributed by atoms with Crippen LogP contribution >= 0.6 is 0 Å². The van der Waals surface area contributed by atoms with Crippen LogP contribution < -0.4 is 4.74 Å². The number of ketones is 1. The summed E-state index contributed by atoms with van der Waals surface area (Å²) < 4.78 is 30.5. The Morgan fingerprint density at radius 3 is 2.73 bits per heavy atom. The topological polar surface area (TPSA) is 89.2 Å². The molecule has 2 saturated heterocycles. The molecule has 1 aromatic heterocycles. The SMILES string of the molecule is COc1ccc(F)cc1/C(O)=C1\C(=O)C(=O)N(CC2CCCO2)C1c1ccc(C)o1. The van der Waals surface area contributed by atoms with Crippen LogP contribution in [0.4, 0.5) is 4.39 Å². The summed E-state index contributed by atoms with van der Waals surface area (Å²) in [6.07, 6.45) is 1.44. The summed E-state index contributed by atoms with van der Waals surface area (Å²) in [4.78, 5) is 27.2. The number of amides is 1. The third kappa shape index (κ3) is 3.47. The molecular weight excluding hydrogens is 393 g/mol. The van der Waals surface area contributed by atoms with Crippen LogP contribution in [0, 0.1) is 12.7 Å². The summed E-state index contributed by atoms with van der Waals surface area (Å²) in [7, 11) is 1.37. The van der Waals surface area contributed by atoms with Gasteiger partial charge in [0.05, 0.1) is 24.4 Å². The number of furan rings is 1. The molecule has 2 atom stereocenters. The first-order valence-corrected chi connectivity index (χ1v) is 9.71. The largest absolute Gasteiger partial charge is 0.507 e. The molecule has 2 aliphatic rings. The molecule has 1 N–H and O–H groups in total. The predicted octanol–water partition coefficient (Wildman–Crippen LogP) is 3.34. The summed E-state index contributed by atoms with van der Waals surface area (Å²) >= 11 is 0. The summed E-state index contributed by atoms with van der Waals surface area (Å²) in [6.45, 7) is 2.52. The van der Waals surface area contributed by atoms with Crippen molar-refractivity contribution in [2.75, 3.05) is 20.3 Å². The lowest BCUT2D eigenvalue weighted by Gasteiger charge is -2.25. The lowest BCUT2D eigenvalue weighted by atomic mass is 9.98. The smallest absolute Gasteiger partial charge is 0.295 e. The van der Waals surface area contributed by atoms with Gasteiger partial charge in [-0.3, -0.25) is 9.59 Å². The van der Waals surface area contributed by atoms with Gasteiger partial charge in [0.25, 0.3) is 11.7 Å². The average molecular weight is 415 g/mol. The van der Waals surface area contributed by atoms with E-state index in [1.54, 1.807) is 19.1 Å². The van der Waals surface area contributed by atoms with Crippen LogP contribution in [-0.4, -0.2) is 48.1 Å². The minimum atomic E-state index is -0.948. The Labute approximate surface area is 172 Å². The molecule has 158 valence electrons. The Morgan fingerprint density at radius 2 is 2.10 bits per heavy atom. The van der Waals surface area contributed by atoms with E-state index in [-0.39, 0.29) is 29.5 Å². The number of hydrogen-bond acceptors (Lipinski definition) is 6. The summed E-state index contributed by atoms with van der Waals surface area (Å²) in [6, 6.07) is 6.01. The standard InChI is InChI=1S/C22H22FNO6/c1-12-5-7-17(30-12)19-18(20(25)15-10-13(23)6-8-16(15)28-2)21(26)22(27)24(19)11-14-4-3-9-29-14/h5-8,10,14,19,25H,3-4,9,11H2,1-2H3/b20-18+. The molecular formula is C22H22FNO6. The first-order chi connectivity index (χ1) is 14.4. The van der Waals surface area contributed by atoms with E-state index in [1.807, 2.05) is 0 Å². The van der Waals surface area contributed by atoms with E-state index < -0.39 is 29.3 Å². The third-order valence-corrected chi connectivity index (χ3v) is 5.41. The van der Waals surface area contributed by atoms with E-state index in [0.29, 0.717) is 18.1 Å². The molecule has 0 bridgehead atoms. The highest BCUT2D eigenvalue weighted by atomic mass is 19.1. The van der Waals surface area contributed by atoms with Crippen molar-refractivity contribution in [3.8, 4) is 5.75 Å². The van der Waals surface area contributed by atoms with Gasteiger partial charge >= 0.3 is 0 Å². The van der Waals surface area contributed by atoms with Gasteiger partial charge in [0.15, 0.2) is 0 Å². The van der Waals surface area contributed by atoms with E-state index >= 15 is 0 Å². The molecule has 0 saturated carbocycles. The lowest BCUT2D eigenvalue weighted by molar-refractivity contribution is -0.141. The first kappa shape index (κ1) is 20.2. The second-order valence-corrected chi connectivity index (χ2v) is 7.38. The van der Waals surface area contributed by atoms with Gasteiger partial charge in [0.2, 0.25) is 0 Å². The Hall–Kier alpha value is -3.13. The van der Waals surface area contributed by atoms with Crippen LogP contribution in [0.25, 0.3) is 5.76 Å². The Kier molecular flexibility index (Phi) is 5.34. The lowest BCUT2D eigenvalue weighted by Crippen LogP contribution is -2.36. The van der Waals surface area contributed by atoms with Crippen LogP contribution in [0.5, 0.6) is 5.75 Å². The van der Waals surface area contributed by atoms with Gasteiger partial charge in [-0.25, -0.2) is 4.39 Å². The molecule has 0 spiro atoms. The first-order valence-electron chi connectivity index (χ1n) is 9.71. The maximum atomic E-state index is 13.9. The summed E-state index contributed by atoms with van der Waals surface area (Å²) in [5, 5.41) is 11.0. The molecule has 0 radical (unpaired) electrons. The van der Waals surface area contributed by atoms with Crippen molar-refractivity contribution in [3.05, 3.63) is 58.8 Å². The number of hydrogen-bond donors (Lipinski definition) is 1. The molecule has 8 heteroatoms. The fraction of sp³-hybridized carbons (Fsp3) is 0.364. The Bertz CT molecular complexity index is 1020. The van der Waals surface area contributed by atoms with Gasteiger partial charge in [-0.2, -0.15) is 0 Å². The highest BCUT2D eigenvalue weighted by Crippen LogP contribution is 2.42. The van der Waals surface area contributed by atoms with Crippen molar-refractivity contribution in [3.63, 3.8) is 0 Å². The molecule has 2 unspecified atom stereocenters. The Balaban J connectivity index is 1.86. The number of methoxy groups -OCH3 is 1. The van der Waals surface area contributed by atoms with Gasteiger partial charge in [0, 0.05) is 13.2 Å². The molecule has 1 amide bonds. The number of ether oxygens (including phenoxy) is 2. The maximum absolute atomic E-state index is 13.9. The molecule has 2 aliphatic heterocycles. The zero-order valence-corrected chi connectivity index (χ0v) is 16.7. The molecule has 1 aromatic carbocycles. The summed E-state index contributed by atoms with van der Waals surface area (Å²) in [5.41, 5.74) is -0.183. The number of benzene rings is 1. The fourth-order valence-corrected chi connectivity index (χ4v) is 3.98. The van der Waals surface area contributed by atoms with Crippen molar-refractivity contribution in [2.24, 2.45) is 0 Å². The van der Waals surface area contributed by atoms with Crippen molar-refractivity contribution in [2.45, 2.75) is 31.9 Å². The minimum absolute atomic E-state index is 0.0131. The van der Waals surface area contributed by atoms with Gasteiger partial charge in [-0.1, -0.05) is 0 Å². The van der Waals surface area contributed by atoms with Gasteiger partial charge < -0.3 is 23.9 Å². The fourth-order valence-electron chi connectivity index (χ4n) is 3.98. The molecule has 4 rings (SSSR count). The molecule has 30 heavy (non-hydrogen) atoms. The number of carbonyl (C=O) groups excluding carboxylic acids is 2. The van der Waals surface area contributed by atoms with Crippen molar-refractivity contribution < 1.29 is 33.0 Å². The van der Waals surface area contributed by atoms with Gasteiger partial charge in [0.1, 0.15) is 34.9 Å². The van der Waals surface area contributed by atoms with Crippen LogP contribution in [0.15, 0.2) is 40.3 Å². The number of halogens is 1. The predicted molar refractivity (Wildman–Crippen MR) is 104 cm³/mol. The monoisotopic (exact) mass is 415 g/mol. The number of likely N-dealkylation sites (tertiary alicyclic amines) is 1. The molecule has 0 aliphatic carbocycles. The average Bonchev–Trinajstić information content (AvgIpc) is 3.45.